The Morgan fingerprint density at radius 3 is 2.74 bits per heavy atom. The predicted molar refractivity (Wildman–Crippen MR) is 89.0 cm³/mol. The highest BCUT2D eigenvalue weighted by molar-refractivity contribution is 6.35. The molecule has 1 amide bonds. The Balaban J connectivity index is 1.99. The number of aliphatic hydroxyl groups excluding tert-OH is 1. The normalized spacial score (nSPS) is 19.7. The van der Waals surface area contributed by atoms with E-state index >= 15 is 0 Å². The molecule has 0 bridgehead atoms. The zero-order chi connectivity index (χ0) is 16.9. The number of aromatic nitrogens is 2. The Kier molecular flexibility index (Phi) is 4.12. The van der Waals surface area contributed by atoms with Crippen LogP contribution in [-0.2, 0) is 13.5 Å². The molecule has 122 valence electrons. The monoisotopic (exact) mass is 353 g/mol. The lowest BCUT2D eigenvalue weighted by atomic mass is 10.1. The van der Waals surface area contributed by atoms with E-state index in [1.165, 1.54) is 4.90 Å². The summed E-state index contributed by atoms with van der Waals surface area (Å²) in [5.74, 6) is -0.240. The molecule has 2 aromatic rings. The molecule has 1 aromatic carbocycles. The van der Waals surface area contributed by atoms with Gasteiger partial charge in [-0.3, -0.25) is 9.48 Å². The molecule has 1 aromatic heterocycles. The summed E-state index contributed by atoms with van der Waals surface area (Å²) in [7, 11) is 3.43. The van der Waals surface area contributed by atoms with Gasteiger partial charge in [-0.1, -0.05) is 23.2 Å². The van der Waals surface area contributed by atoms with Crippen molar-refractivity contribution >= 4 is 29.1 Å². The van der Waals surface area contributed by atoms with Gasteiger partial charge in [-0.05, 0) is 30.2 Å². The molecule has 0 saturated carbocycles. The molecule has 7 heteroatoms. The fourth-order valence-corrected chi connectivity index (χ4v) is 3.80. The highest BCUT2D eigenvalue weighted by Gasteiger charge is 2.38. The smallest absolute Gasteiger partial charge is 0.274 e. The van der Waals surface area contributed by atoms with Gasteiger partial charge in [0.05, 0.1) is 12.1 Å². The molecule has 1 aliphatic rings. The van der Waals surface area contributed by atoms with E-state index in [1.54, 1.807) is 37.1 Å². The Labute approximate surface area is 144 Å². The average Bonchev–Trinajstić information content (AvgIpc) is 2.96. The zero-order valence-electron chi connectivity index (χ0n) is 13.0. The van der Waals surface area contributed by atoms with Crippen molar-refractivity contribution in [2.75, 3.05) is 7.05 Å². The fraction of sp³-hybridized carbons (Fsp3) is 0.375. The molecule has 0 spiro atoms. The first kappa shape index (κ1) is 16.3. The van der Waals surface area contributed by atoms with Crippen LogP contribution in [0, 0.1) is 6.92 Å². The molecule has 3 rings (SSSR count). The molecule has 0 radical (unpaired) electrons. The second kappa shape index (κ2) is 5.82. The Morgan fingerprint density at radius 2 is 2.13 bits per heavy atom. The number of aliphatic hydroxyl groups is 1. The van der Waals surface area contributed by atoms with Gasteiger partial charge in [-0.15, -0.1) is 0 Å². The number of nitrogens with zero attached hydrogens (tertiary/aromatic N) is 3. The third-order valence-electron chi connectivity index (χ3n) is 4.24. The van der Waals surface area contributed by atoms with Crippen molar-refractivity contribution < 1.29 is 9.90 Å². The summed E-state index contributed by atoms with van der Waals surface area (Å²) in [6.07, 6.45) is 1.46. The number of hydrogen-bond donors (Lipinski definition) is 1. The van der Waals surface area contributed by atoms with E-state index in [1.807, 2.05) is 6.92 Å². The maximum absolute atomic E-state index is 12.8. The first-order chi connectivity index (χ1) is 10.8. The largest absolute Gasteiger partial charge is 0.390 e. The number of fused-ring (bicyclic) bond motifs is 1. The summed E-state index contributed by atoms with van der Waals surface area (Å²) in [6, 6.07) is 2.93. The molecular formula is C16H17Cl2N3O2. The maximum atomic E-state index is 12.8. The number of amides is 1. The van der Waals surface area contributed by atoms with E-state index in [0.29, 0.717) is 22.2 Å². The second-order valence-corrected chi connectivity index (χ2v) is 6.77. The molecular weight excluding hydrogens is 337 g/mol. The van der Waals surface area contributed by atoms with E-state index in [2.05, 4.69) is 5.10 Å². The quantitative estimate of drug-likeness (QED) is 0.902. The van der Waals surface area contributed by atoms with Crippen LogP contribution in [-0.4, -0.2) is 38.8 Å². The summed E-state index contributed by atoms with van der Waals surface area (Å²) in [4.78, 5) is 14.3. The van der Waals surface area contributed by atoms with Crippen LogP contribution in [0.2, 0.25) is 10.0 Å². The lowest BCUT2D eigenvalue weighted by molar-refractivity contribution is 0.0491. The van der Waals surface area contributed by atoms with Gasteiger partial charge in [-0.2, -0.15) is 5.10 Å². The minimum absolute atomic E-state index is 0.240. The number of benzene rings is 1. The Bertz CT molecular complexity index is 788. The second-order valence-electron chi connectivity index (χ2n) is 5.92. The van der Waals surface area contributed by atoms with Gasteiger partial charge in [-0.25, -0.2) is 0 Å². The Hall–Kier alpha value is -1.56. The van der Waals surface area contributed by atoms with Crippen molar-refractivity contribution in [2.24, 2.45) is 7.05 Å². The van der Waals surface area contributed by atoms with Crippen LogP contribution >= 0.6 is 23.2 Å². The summed E-state index contributed by atoms with van der Waals surface area (Å²) in [5.41, 5.74) is 2.80. The molecule has 2 unspecified atom stereocenters. The van der Waals surface area contributed by atoms with Crippen LogP contribution < -0.4 is 0 Å². The van der Waals surface area contributed by atoms with Crippen LogP contribution in [0.5, 0.6) is 0 Å². The minimum atomic E-state index is -0.723. The van der Waals surface area contributed by atoms with E-state index in [0.717, 1.165) is 16.7 Å². The molecule has 0 fully saturated rings. The van der Waals surface area contributed by atoms with Gasteiger partial charge >= 0.3 is 0 Å². The van der Waals surface area contributed by atoms with Gasteiger partial charge in [0.15, 0.2) is 5.69 Å². The van der Waals surface area contributed by atoms with Crippen LogP contribution in [0.25, 0.3) is 0 Å². The number of halogens is 2. The first-order valence-electron chi connectivity index (χ1n) is 7.23. The first-order valence-corrected chi connectivity index (χ1v) is 7.98. The summed E-state index contributed by atoms with van der Waals surface area (Å²) < 4.78 is 1.60. The highest BCUT2D eigenvalue weighted by Crippen LogP contribution is 2.41. The van der Waals surface area contributed by atoms with Crippen molar-refractivity contribution in [2.45, 2.75) is 25.5 Å². The molecule has 2 atom stereocenters. The average molecular weight is 354 g/mol. The topological polar surface area (TPSA) is 58.4 Å². The van der Waals surface area contributed by atoms with Gasteiger partial charge in [0.2, 0.25) is 0 Å². The van der Waals surface area contributed by atoms with Gasteiger partial charge < -0.3 is 10.0 Å². The lowest BCUT2D eigenvalue weighted by Gasteiger charge is -2.27. The number of carbonyl (C=O) groups excluding carboxylic acids is 1. The van der Waals surface area contributed by atoms with Gasteiger partial charge in [0.1, 0.15) is 0 Å². The van der Waals surface area contributed by atoms with E-state index in [4.69, 9.17) is 23.2 Å². The summed E-state index contributed by atoms with van der Waals surface area (Å²) in [6.45, 7) is 1.83. The van der Waals surface area contributed by atoms with E-state index in [-0.39, 0.29) is 5.91 Å². The zero-order valence-corrected chi connectivity index (χ0v) is 14.6. The minimum Gasteiger partial charge on any atom is -0.390 e. The van der Waals surface area contributed by atoms with Gasteiger partial charge in [0, 0.05) is 42.3 Å². The number of rotatable bonds is 2. The highest BCUT2D eigenvalue weighted by atomic mass is 35.5. The molecule has 5 nitrogen and oxygen atoms in total. The van der Waals surface area contributed by atoms with Crippen molar-refractivity contribution in [3.63, 3.8) is 0 Å². The molecule has 0 aliphatic heterocycles. The van der Waals surface area contributed by atoms with Crippen LogP contribution in [0.4, 0.5) is 0 Å². The number of hydrogen-bond acceptors (Lipinski definition) is 3. The standard InChI is InChI=1S/C16H17Cl2N3O2/c1-8-7-20(2)19-14(8)16(23)21(3)15-11-4-9(17)5-12(18)10(11)6-13(15)22/h4-5,7,13,15,22H,6H2,1-3H3. The third kappa shape index (κ3) is 2.73. The third-order valence-corrected chi connectivity index (χ3v) is 4.80. The Morgan fingerprint density at radius 1 is 1.43 bits per heavy atom. The number of aryl methyl sites for hydroxylation is 2. The number of carbonyl (C=O) groups is 1. The number of likely N-dealkylation sites (N-methyl/N-ethyl adjacent to an activating group) is 1. The van der Waals surface area contributed by atoms with Crippen molar-refractivity contribution in [1.29, 1.82) is 0 Å². The van der Waals surface area contributed by atoms with Crippen LogP contribution in [0.3, 0.4) is 0 Å². The van der Waals surface area contributed by atoms with Crippen molar-refractivity contribution in [3.05, 3.63) is 50.8 Å². The lowest BCUT2D eigenvalue weighted by Crippen LogP contribution is -2.36. The molecule has 0 saturated heterocycles. The molecule has 1 heterocycles. The molecule has 1 N–H and O–H groups in total. The van der Waals surface area contributed by atoms with Crippen LogP contribution in [0.15, 0.2) is 18.3 Å². The fourth-order valence-electron chi connectivity index (χ4n) is 3.21. The summed E-state index contributed by atoms with van der Waals surface area (Å²) >= 11 is 12.3. The molecule has 23 heavy (non-hydrogen) atoms. The van der Waals surface area contributed by atoms with E-state index < -0.39 is 12.1 Å². The SMILES string of the molecule is Cc1cn(C)nc1C(=O)N(C)C1c2cc(Cl)cc(Cl)c2CC1O. The van der Waals surface area contributed by atoms with Crippen molar-refractivity contribution in [3.8, 4) is 0 Å². The molecule has 1 aliphatic carbocycles. The van der Waals surface area contributed by atoms with Gasteiger partial charge in [0.25, 0.3) is 5.91 Å². The van der Waals surface area contributed by atoms with Crippen molar-refractivity contribution in [1.82, 2.24) is 14.7 Å². The predicted octanol–water partition coefficient (Wildman–Crippen LogP) is 2.77. The van der Waals surface area contributed by atoms with Crippen LogP contribution in [0.1, 0.15) is 33.2 Å². The maximum Gasteiger partial charge on any atom is 0.274 e. The van der Waals surface area contributed by atoms with E-state index in [9.17, 15) is 9.90 Å². The summed E-state index contributed by atoms with van der Waals surface area (Å²) in [5, 5.41) is 15.7.